The van der Waals surface area contributed by atoms with Crippen LogP contribution in [0, 0.1) is 30.3 Å². The molecule has 1 N–H and O–H groups in total. The van der Waals surface area contributed by atoms with E-state index < -0.39 is 40.8 Å². The predicted octanol–water partition coefficient (Wildman–Crippen LogP) is 4.10. The van der Waals surface area contributed by atoms with Crippen LogP contribution < -0.4 is 5.69 Å². The van der Waals surface area contributed by atoms with Crippen LogP contribution in [-0.4, -0.2) is 75.8 Å². The number of rotatable bonds is 7. The number of carbonyl (C=O) groups excluding carboxylic acids is 3. The summed E-state index contributed by atoms with van der Waals surface area (Å²) in [6.07, 6.45) is 1.03. The third-order valence-electron chi connectivity index (χ3n) is 6.99. The highest BCUT2D eigenvalue weighted by Crippen LogP contribution is 2.27. The van der Waals surface area contributed by atoms with Crippen molar-refractivity contribution in [1.82, 2.24) is 19.5 Å². The lowest BCUT2D eigenvalue weighted by atomic mass is 9.89. The van der Waals surface area contributed by atoms with Crippen molar-refractivity contribution in [2.45, 2.75) is 19.8 Å². The van der Waals surface area contributed by atoms with Crippen LogP contribution in [0.3, 0.4) is 0 Å². The number of esters is 1. The lowest BCUT2D eigenvalue weighted by Gasteiger charge is -2.32. The van der Waals surface area contributed by atoms with E-state index in [1.165, 1.54) is 31.2 Å². The number of aromatic nitrogens is 2. The summed E-state index contributed by atoms with van der Waals surface area (Å²) in [6.45, 7) is 2.20. The fourth-order valence-electron chi connectivity index (χ4n) is 4.78. The summed E-state index contributed by atoms with van der Waals surface area (Å²) in [5.74, 6) is -4.23. The molecule has 2 heterocycles. The molecule has 3 aromatic rings. The number of hydrogen-bond acceptors (Lipinski definition) is 8. The van der Waals surface area contributed by atoms with Crippen molar-refractivity contribution in [3.05, 3.63) is 87.2 Å². The van der Waals surface area contributed by atoms with E-state index in [4.69, 9.17) is 4.74 Å². The number of hydroxylamine groups is 2. The first kappa shape index (κ1) is 32.4. The van der Waals surface area contributed by atoms with Gasteiger partial charge >= 0.3 is 17.7 Å². The Morgan fingerprint density at radius 3 is 2.29 bits per heavy atom. The summed E-state index contributed by atoms with van der Waals surface area (Å²) in [5, 5.41) is 10.9. The predicted molar refractivity (Wildman–Crippen MR) is 146 cm³/mol. The number of benzene rings is 2. The number of Topliss-reactive ketones (excluding diaryl/α,β-unsaturated/α-hetero) is 1. The summed E-state index contributed by atoms with van der Waals surface area (Å²) >= 11 is 0. The van der Waals surface area contributed by atoms with Crippen molar-refractivity contribution >= 4 is 30.2 Å². The molecule has 0 radical (unpaired) electrons. The van der Waals surface area contributed by atoms with Gasteiger partial charge in [0.2, 0.25) is 0 Å². The number of carbonyl (C=O) groups is 3. The fraction of sp³-hybridized carbons (Fsp3) is 0.321. The second-order valence-corrected chi connectivity index (χ2v) is 9.55. The molecule has 10 nitrogen and oxygen atoms in total. The molecule has 0 spiro atoms. The van der Waals surface area contributed by atoms with Crippen LogP contribution in [0.25, 0.3) is 11.3 Å². The van der Waals surface area contributed by atoms with Crippen LogP contribution in [-0.2, 0) is 4.74 Å². The van der Waals surface area contributed by atoms with Gasteiger partial charge in [0.1, 0.15) is 11.4 Å². The lowest BCUT2D eigenvalue weighted by molar-refractivity contribution is -0.0491. The fourth-order valence-corrected chi connectivity index (χ4v) is 4.78. The molecule has 1 fully saturated rings. The number of methoxy groups -OCH3 is 1. The van der Waals surface area contributed by atoms with Crippen molar-refractivity contribution in [2.75, 3.05) is 33.3 Å². The van der Waals surface area contributed by atoms with E-state index in [0.29, 0.717) is 42.1 Å². The van der Waals surface area contributed by atoms with Crippen LogP contribution in [0.2, 0.25) is 0 Å². The zero-order valence-corrected chi connectivity index (χ0v) is 23.5. The van der Waals surface area contributed by atoms with Crippen molar-refractivity contribution in [2.24, 2.45) is 5.92 Å². The second-order valence-electron chi connectivity index (χ2n) is 9.55. The van der Waals surface area contributed by atoms with E-state index in [1.54, 1.807) is 0 Å². The summed E-state index contributed by atoms with van der Waals surface area (Å²) in [5.41, 5.74) is -1.80. The van der Waals surface area contributed by atoms with Crippen LogP contribution in [0.4, 0.5) is 18.0 Å². The van der Waals surface area contributed by atoms with E-state index >= 15 is 0 Å². The zero-order chi connectivity index (χ0) is 29.8. The number of nitrogens with zero attached hydrogens (tertiary/aromatic N) is 4. The number of ketones is 1. The SMILES string of the molecule is COC(=O)c1c(C)nc(=O)n(C(=O)N(O)CCN2CCC(C(=O)c3ccc(F)cc3)CC2)c1-c1ccc(F)c(F)c1.Cl. The molecule has 14 heteroatoms. The van der Waals surface area contributed by atoms with Crippen LogP contribution in [0.15, 0.2) is 47.3 Å². The van der Waals surface area contributed by atoms with Gasteiger partial charge in [0.25, 0.3) is 0 Å². The summed E-state index contributed by atoms with van der Waals surface area (Å²) in [7, 11) is 1.06. The monoisotopic (exact) mass is 608 g/mol. The smallest absolute Gasteiger partial charge is 0.356 e. The van der Waals surface area contributed by atoms with E-state index in [-0.39, 0.29) is 59.1 Å². The van der Waals surface area contributed by atoms with E-state index in [1.807, 2.05) is 4.90 Å². The summed E-state index contributed by atoms with van der Waals surface area (Å²) in [4.78, 5) is 57.0. The minimum atomic E-state index is -1.29. The Morgan fingerprint density at radius 1 is 1.05 bits per heavy atom. The van der Waals surface area contributed by atoms with Crippen LogP contribution in [0.5, 0.6) is 0 Å². The van der Waals surface area contributed by atoms with E-state index in [0.717, 1.165) is 19.2 Å². The molecule has 0 unspecified atom stereocenters. The van der Waals surface area contributed by atoms with Gasteiger partial charge in [0.15, 0.2) is 17.4 Å². The Balaban J connectivity index is 0.00000484. The van der Waals surface area contributed by atoms with Crippen molar-refractivity contribution < 1.29 is 37.5 Å². The van der Waals surface area contributed by atoms with Gasteiger partial charge in [-0.3, -0.25) is 10.0 Å². The molecule has 1 aliphatic heterocycles. The maximum absolute atomic E-state index is 14.1. The van der Waals surface area contributed by atoms with Gasteiger partial charge in [-0.1, -0.05) is 0 Å². The van der Waals surface area contributed by atoms with Crippen molar-refractivity contribution in [1.29, 1.82) is 0 Å². The molecule has 0 bridgehead atoms. The van der Waals surface area contributed by atoms with Gasteiger partial charge in [-0.2, -0.15) is 4.98 Å². The van der Waals surface area contributed by atoms with Crippen molar-refractivity contribution in [3.63, 3.8) is 0 Å². The zero-order valence-electron chi connectivity index (χ0n) is 22.7. The minimum Gasteiger partial charge on any atom is -0.465 e. The van der Waals surface area contributed by atoms with Gasteiger partial charge in [0.05, 0.1) is 25.0 Å². The standard InChI is InChI=1S/C28H27F3N4O6.ClH/c1-16-23(26(37)41-2)24(19-5-8-21(30)22(31)15-19)35(27(38)32-16)28(39)34(40)14-13-33-11-9-18(10-12-33)25(36)17-3-6-20(29)7-4-17;/h3-8,15,18,40H,9-14H2,1-2H3;1H. The summed E-state index contributed by atoms with van der Waals surface area (Å²) < 4.78 is 46.1. The maximum atomic E-state index is 14.1. The first-order valence-electron chi connectivity index (χ1n) is 12.7. The molecule has 42 heavy (non-hydrogen) atoms. The molecule has 1 amide bonds. The molecular weight excluding hydrogens is 581 g/mol. The third kappa shape index (κ3) is 6.86. The van der Waals surface area contributed by atoms with Crippen LogP contribution >= 0.6 is 12.4 Å². The molecule has 0 aliphatic carbocycles. The van der Waals surface area contributed by atoms with E-state index in [2.05, 4.69) is 4.98 Å². The lowest BCUT2D eigenvalue weighted by Crippen LogP contribution is -2.45. The Bertz CT molecular complexity index is 1540. The molecule has 1 aliphatic rings. The van der Waals surface area contributed by atoms with Crippen LogP contribution in [0.1, 0.15) is 39.3 Å². The molecule has 0 saturated carbocycles. The first-order chi connectivity index (χ1) is 19.5. The Kier molecular flexibility index (Phi) is 10.6. The van der Waals surface area contributed by atoms with Crippen molar-refractivity contribution in [3.8, 4) is 11.3 Å². The summed E-state index contributed by atoms with van der Waals surface area (Å²) in [6, 6.07) is 6.63. The topological polar surface area (TPSA) is 122 Å². The van der Waals surface area contributed by atoms with Gasteiger partial charge in [0, 0.05) is 23.6 Å². The quantitative estimate of drug-likeness (QED) is 0.184. The molecular formula is C28H28ClF3N4O6. The molecule has 1 aromatic heterocycles. The highest BCUT2D eigenvalue weighted by molar-refractivity contribution is 5.99. The Morgan fingerprint density at radius 2 is 1.69 bits per heavy atom. The van der Waals surface area contributed by atoms with E-state index in [9.17, 15) is 37.6 Å². The number of halogens is 4. The number of likely N-dealkylation sites (tertiary alicyclic amines) is 1. The number of amides is 1. The Labute approximate surface area is 244 Å². The largest absolute Gasteiger partial charge is 0.465 e. The second kappa shape index (κ2) is 13.7. The normalized spacial score (nSPS) is 13.8. The van der Waals surface area contributed by atoms with Gasteiger partial charge in [-0.15, -0.1) is 12.4 Å². The number of aryl methyl sites for hydroxylation is 1. The highest BCUT2D eigenvalue weighted by atomic mass is 35.5. The average molecular weight is 609 g/mol. The molecule has 1 saturated heterocycles. The maximum Gasteiger partial charge on any atom is 0.356 e. The third-order valence-corrected chi connectivity index (χ3v) is 6.99. The number of hydrogen-bond donors (Lipinski definition) is 1. The first-order valence-corrected chi connectivity index (χ1v) is 12.7. The average Bonchev–Trinajstić information content (AvgIpc) is 2.96. The highest BCUT2D eigenvalue weighted by Gasteiger charge is 2.30. The molecule has 2 aromatic carbocycles. The Hall–Kier alpha value is -4.07. The molecule has 4 rings (SSSR count). The van der Waals surface area contributed by atoms with Gasteiger partial charge in [-0.25, -0.2) is 37.2 Å². The van der Waals surface area contributed by atoms with Gasteiger partial charge < -0.3 is 9.64 Å². The minimum absolute atomic E-state index is 0. The number of piperidine rings is 1. The molecule has 0 atom stereocenters. The van der Waals surface area contributed by atoms with Gasteiger partial charge in [-0.05, 0) is 75.3 Å². The number of ether oxygens (including phenoxy) is 1. The molecule has 224 valence electrons.